The van der Waals surface area contributed by atoms with Crippen LogP contribution in [0.4, 0.5) is 0 Å². The SMILES string of the molecule is CCn1c(C(C)NC(=O)CCn2cnc3scc(-c4ccc(C)cc4)c3c2=O)nc2ccccc21. The van der Waals surface area contributed by atoms with Gasteiger partial charge in [0.15, 0.2) is 0 Å². The maximum atomic E-state index is 13.3. The van der Waals surface area contributed by atoms with Crippen molar-refractivity contribution in [2.24, 2.45) is 0 Å². The lowest BCUT2D eigenvalue weighted by atomic mass is 10.1. The zero-order valence-corrected chi connectivity index (χ0v) is 20.8. The molecule has 1 N–H and O–H groups in total. The minimum atomic E-state index is -0.253. The lowest BCUT2D eigenvalue weighted by molar-refractivity contribution is -0.122. The van der Waals surface area contributed by atoms with Gasteiger partial charge in [-0.05, 0) is 38.5 Å². The Morgan fingerprint density at radius 1 is 1.14 bits per heavy atom. The highest BCUT2D eigenvalue weighted by molar-refractivity contribution is 7.17. The number of hydrogen-bond donors (Lipinski definition) is 1. The second kappa shape index (κ2) is 9.46. The number of thiophene rings is 1. The van der Waals surface area contributed by atoms with Gasteiger partial charge in [0.1, 0.15) is 10.7 Å². The Kier molecular flexibility index (Phi) is 6.21. The van der Waals surface area contributed by atoms with Crippen molar-refractivity contribution in [3.8, 4) is 11.1 Å². The number of rotatable bonds is 7. The van der Waals surface area contributed by atoms with Gasteiger partial charge in [0.05, 0.1) is 28.8 Å². The van der Waals surface area contributed by atoms with Gasteiger partial charge in [-0.1, -0.05) is 42.0 Å². The van der Waals surface area contributed by atoms with Gasteiger partial charge in [-0.25, -0.2) is 9.97 Å². The number of nitrogens with one attached hydrogen (secondary N) is 1. The third-order valence-corrected chi connectivity index (χ3v) is 7.15. The molecule has 0 aliphatic carbocycles. The molecule has 0 saturated carbocycles. The van der Waals surface area contributed by atoms with E-state index in [1.54, 1.807) is 0 Å². The molecule has 1 unspecified atom stereocenters. The minimum Gasteiger partial charge on any atom is -0.346 e. The van der Waals surface area contributed by atoms with Crippen LogP contribution in [-0.2, 0) is 17.9 Å². The molecule has 7 nitrogen and oxygen atoms in total. The number of carbonyl (C=O) groups excluding carboxylic acids is 1. The Morgan fingerprint density at radius 3 is 2.69 bits per heavy atom. The summed E-state index contributed by atoms with van der Waals surface area (Å²) in [7, 11) is 0. The number of imidazole rings is 1. The summed E-state index contributed by atoms with van der Waals surface area (Å²) in [5, 5.41) is 5.62. The molecule has 35 heavy (non-hydrogen) atoms. The molecule has 0 aliphatic rings. The quantitative estimate of drug-likeness (QED) is 0.349. The predicted molar refractivity (Wildman–Crippen MR) is 141 cm³/mol. The van der Waals surface area contributed by atoms with Gasteiger partial charge in [-0.15, -0.1) is 11.3 Å². The lowest BCUT2D eigenvalue weighted by Gasteiger charge is -2.15. The van der Waals surface area contributed by atoms with Crippen LogP contribution in [0.3, 0.4) is 0 Å². The van der Waals surface area contributed by atoms with E-state index in [2.05, 4.69) is 21.8 Å². The topological polar surface area (TPSA) is 81.8 Å². The van der Waals surface area contributed by atoms with Crippen molar-refractivity contribution < 1.29 is 4.79 Å². The molecule has 8 heteroatoms. The van der Waals surface area contributed by atoms with Crippen LogP contribution in [0.1, 0.15) is 37.7 Å². The zero-order chi connectivity index (χ0) is 24.5. The van der Waals surface area contributed by atoms with Crippen molar-refractivity contribution in [2.45, 2.75) is 46.3 Å². The molecule has 3 heterocycles. The first-order valence-corrected chi connectivity index (χ1v) is 12.6. The van der Waals surface area contributed by atoms with Crippen molar-refractivity contribution in [1.82, 2.24) is 24.4 Å². The van der Waals surface area contributed by atoms with Crippen LogP contribution in [0.2, 0.25) is 0 Å². The third kappa shape index (κ3) is 4.37. The van der Waals surface area contributed by atoms with Crippen LogP contribution < -0.4 is 10.9 Å². The summed E-state index contributed by atoms with van der Waals surface area (Å²) < 4.78 is 3.64. The molecular weight excluding hydrogens is 458 g/mol. The van der Waals surface area contributed by atoms with Crippen LogP contribution >= 0.6 is 11.3 Å². The molecule has 0 saturated heterocycles. The molecule has 0 spiro atoms. The Bertz CT molecular complexity index is 1580. The predicted octanol–water partition coefficient (Wildman–Crippen LogP) is 5.07. The summed E-state index contributed by atoms with van der Waals surface area (Å²) in [6.45, 7) is 7.06. The molecule has 5 aromatic rings. The molecule has 3 aromatic heterocycles. The number of fused-ring (bicyclic) bond motifs is 2. The van der Waals surface area contributed by atoms with Crippen LogP contribution in [0.5, 0.6) is 0 Å². The summed E-state index contributed by atoms with van der Waals surface area (Å²) in [4.78, 5) is 36.0. The van der Waals surface area contributed by atoms with E-state index < -0.39 is 0 Å². The number of nitrogens with zero attached hydrogens (tertiary/aromatic N) is 4. The van der Waals surface area contributed by atoms with Gasteiger partial charge in [0.2, 0.25) is 5.91 Å². The van der Waals surface area contributed by atoms with E-state index in [1.807, 2.05) is 67.8 Å². The molecule has 1 amide bonds. The van der Waals surface area contributed by atoms with Gasteiger partial charge >= 0.3 is 0 Å². The largest absolute Gasteiger partial charge is 0.346 e. The van der Waals surface area contributed by atoms with Crippen molar-refractivity contribution in [2.75, 3.05) is 0 Å². The first-order valence-electron chi connectivity index (χ1n) is 11.7. The highest BCUT2D eigenvalue weighted by Gasteiger charge is 2.18. The highest BCUT2D eigenvalue weighted by atomic mass is 32.1. The molecule has 1 atom stereocenters. The van der Waals surface area contributed by atoms with E-state index in [0.717, 1.165) is 34.5 Å². The Hall–Kier alpha value is -3.78. The van der Waals surface area contributed by atoms with Gasteiger partial charge in [0, 0.05) is 30.5 Å². The monoisotopic (exact) mass is 485 g/mol. The van der Waals surface area contributed by atoms with Crippen molar-refractivity contribution >= 4 is 38.5 Å². The highest BCUT2D eigenvalue weighted by Crippen LogP contribution is 2.30. The summed E-state index contributed by atoms with van der Waals surface area (Å²) in [5.74, 6) is 0.687. The van der Waals surface area contributed by atoms with E-state index >= 15 is 0 Å². The Labute approximate surface area is 207 Å². The standard InChI is InChI=1S/C27H27N5O2S/c1-4-32-22-8-6-5-7-21(22)30-25(32)18(3)29-23(33)13-14-31-16-28-26-24(27(31)34)20(15-35-26)19-11-9-17(2)10-12-19/h5-12,15-16,18H,4,13-14H2,1-3H3,(H,29,33). The van der Waals surface area contributed by atoms with E-state index in [0.29, 0.717) is 10.2 Å². The molecule has 178 valence electrons. The molecule has 0 fully saturated rings. The van der Waals surface area contributed by atoms with Crippen molar-refractivity contribution in [1.29, 1.82) is 0 Å². The fourth-order valence-corrected chi connectivity index (χ4v) is 5.34. The lowest BCUT2D eigenvalue weighted by Crippen LogP contribution is -2.30. The molecule has 5 rings (SSSR count). The average molecular weight is 486 g/mol. The van der Waals surface area contributed by atoms with Gasteiger partial charge < -0.3 is 9.88 Å². The number of aryl methyl sites for hydroxylation is 3. The zero-order valence-electron chi connectivity index (χ0n) is 20.0. The fourth-order valence-electron chi connectivity index (χ4n) is 4.43. The van der Waals surface area contributed by atoms with E-state index in [4.69, 9.17) is 4.98 Å². The Morgan fingerprint density at radius 2 is 1.91 bits per heavy atom. The van der Waals surface area contributed by atoms with Crippen molar-refractivity contribution in [3.63, 3.8) is 0 Å². The van der Waals surface area contributed by atoms with Gasteiger partial charge in [0.25, 0.3) is 5.56 Å². The summed E-state index contributed by atoms with van der Waals surface area (Å²) in [5.41, 5.74) is 4.88. The average Bonchev–Trinajstić information content (AvgIpc) is 3.46. The first kappa shape index (κ1) is 23.0. The third-order valence-electron chi connectivity index (χ3n) is 6.27. The van der Waals surface area contributed by atoms with Crippen LogP contribution in [0.15, 0.2) is 65.0 Å². The van der Waals surface area contributed by atoms with Crippen LogP contribution in [0, 0.1) is 6.92 Å². The number of benzene rings is 2. The smallest absolute Gasteiger partial charge is 0.262 e. The van der Waals surface area contributed by atoms with E-state index in [1.165, 1.54) is 27.8 Å². The number of hydrogen-bond acceptors (Lipinski definition) is 5. The van der Waals surface area contributed by atoms with Crippen LogP contribution in [-0.4, -0.2) is 25.0 Å². The fraction of sp³-hybridized carbons (Fsp3) is 0.259. The maximum Gasteiger partial charge on any atom is 0.262 e. The number of amides is 1. The number of para-hydroxylation sites is 2. The molecule has 0 radical (unpaired) electrons. The molecular formula is C27H27N5O2S. The molecule has 0 bridgehead atoms. The maximum absolute atomic E-state index is 13.3. The second-order valence-corrected chi connectivity index (χ2v) is 9.54. The summed E-state index contributed by atoms with van der Waals surface area (Å²) in [6.07, 6.45) is 1.71. The summed E-state index contributed by atoms with van der Waals surface area (Å²) in [6, 6.07) is 15.8. The van der Waals surface area contributed by atoms with Gasteiger partial charge in [-0.3, -0.25) is 14.2 Å². The normalized spacial score (nSPS) is 12.3. The van der Waals surface area contributed by atoms with Crippen LogP contribution in [0.25, 0.3) is 32.4 Å². The van der Waals surface area contributed by atoms with E-state index in [9.17, 15) is 9.59 Å². The van der Waals surface area contributed by atoms with Gasteiger partial charge in [-0.2, -0.15) is 0 Å². The van der Waals surface area contributed by atoms with Crippen molar-refractivity contribution in [3.05, 3.63) is 82.0 Å². The summed E-state index contributed by atoms with van der Waals surface area (Å²) >= 11 is 1.46. The van der Waals surface area contributed by atoms with E-state index in [-0.39, 0.29) is 30.5 Å². The molecule has 0 aliphatic heterocycles. The Balaban J connectivity index is 1.33. The second-order valence-electron chi connectivity index (χ2n) is 8.68. The molecule has 2 aromatic carbocycles. The first-order chi connectivity index (χ1) is 17.0. The minimum absolute atomic E-state index is 0.125. The number of aromatic nitrogens is 4. The number of carbonyl (C=O) groups is 1.